The van der Waals surface area contributed by atoms with Crippen molar-refractivity contribution in [3.8, 4) is 11.4 Å². The lowest BCUT2D eigenvalue weighted by molar-refractivity contribution is -0.118. The van der Waals surface area contributed by atoms with Crippen LogP contribution in [0.4, 0.5) is 5.69 Å². The average molecular weight is 299 g/mol. The monoisotopic (exact) mass is 298 g/mol. The quantitative estimate of drug-likeness (QED) is 0.725. The van der Waals surface area contributed by atoms with E-state index in [-0.39, 0.29) is 24.9 Å². The molecule has 0 saturated heterocycles. The third kappa shape index (κ3) is 3.98. The summed E-state index contributed by atoms with van der Waals surface area (Å²) in [4.78, 5) is 11.7. The fraction of sp³-hybridized carbons (Fsp3) is 0.273. The number of nitrogens with two attached hydrogens (primary N) is 1. The van der Waals surface area contributed by atoms with Crippen LogP contribution in [-0.2, 0) is 9.53 Å². The summed E-state index contributed by atoms with van der Waals surface area (Å²) in [6.07, 6.45) is 0. The molecule has 1 aromatic heterocycles. The van der Waals surface area contributed by atoms with E-state index >= 15 is 0 Å². The molecule has 2 rings (SSSR count). The Bertz CT molecular complexity index is 530. The van der Waals surface area contributed by atoms with Gasteiger partial charge in [-0.3, -0.25) is 4.79 Å². The lowest BCUT2D eigenvalue weighted by Gasteiger charge is -2.11. The Labute approximate surface area is 121 Å². The molecule has 0 fully saturated rings. The van der Waals surface area contributed by atoms with Crippen molar-refractivity contribution in [2.45, 2.75) is 6.04 Å². The van der Waals surface area contributed by atoms with Crippen LogP contribution in [0.5, 0.6) is 0 Å². The molecule has 0 bridgehead atoms. The summed E-state index contributed by atoms with van der Waals surface area (Å²) >= 11 is 0. The number of benzene rings is 1. The molecule has 1 atom stereocenters. The summed E-state index contributed by atoms with van der Waals surface area (Å²) in [6, 6.07) is 6.35. The highest BCUT2D eigenvalue weighted by atomic mass is 35.5. The number of ether oxygens (including phenoxy) is 1. The number of carbonyl (C=O) groups is 1. The molecule has 0 spiro atoms. The Morgan fingerprint density at radius 1 is 1.45 bits per heavy atom. The van der Waals surface area contributed by atoms with Gasteiger partial charge >= 0.3 is 0 Å². The number of halogens is 1. The lowest BCUT2D eigenvalue weighted by Crippen LogP contribution is -2.39. The van der Waals surface area contributed by atoms with Crippen LogP contribution in [0.15, 0.2) is 24.3 Å². The molecule has 0 radical (unpaired) electrons. The smallest absolute Gasteiger partial charge is 0.243 e. The number of anilines is 1. The first-order chi connectivity index (χ1) is 9.20. The highest BCUT2D eigenvalue weighted by molar-refractivity contribution is 5.94. The number of tetrazole rings is 1. The molecule has 4 N–H and O–H groups in total. The van der Waals surface area contributed by atoms with Crippen molar-refractivity contribution in [1.82, 2.24) is 20.6 Å². The van der Waals surface area contributed by atoms with E-state index in [0.717, 1.165) is 5.56 Å². The molecular weight excluding hydrogens is 284 g/mol. The van der Waals surface area contributed by atoms with Gasteiger partial charge in [-0.1, -0.05) is 0 Å². The van der Waals surface area contributed by atoms with Gasteiger partial charge in [-0.25, -0.2) is 0 Å². The maximum atomic E-state index is 11.7. The highest BCUT2D eigenvalue weighted by Gasteiger charge is 2.13. The maximum absolute atomic E-state index is 11.7. The van der Waals surface area contributed by atoms with Crippen molar-refractivity contribution in [1.29, 1.82) is 0 Å². The summed E-state index contributed by atoms with van der Waals surface area (Å²) in [5, 5.41) is 16.3. The molecular formula is C11H15ClN6O2. The van der Waals surface area contributed by atoms with Gasteiger partial charge in [-0.05, 0) is 29.5 Å². The van der Waals surface area contributed by atoms with Gasteiger partial charge in [0.1, 0.15) is 6.04 Å². The second kappa shape index (κ2) is 7.53. The van der Waals surface area contributed by atoms with Gasteiger partial charge in [-0.2, -0.15) is 5.21 Å². The van der Waals surface area contributed by atoms with Crippen LogP contribution in [0.3, 0.4) is 0 Å². The summed E-state index contributed by atoms with van der Waals surface area (Å²) in [5.41, 5.74) is 7.05. The van der Waals surface area contributed by atoms with Crippen molar-refractivity contribution in [2.75, 3.05) is 19.0 Å². The van der Waals surface area contributed by atoms with E-state index in [4.69, 9.17) is 10.5 Å². The Balaban J connectivity index is 0.00000200. The minimum absolute atomic E-state index is 0. The predicted molar refractivity (Wildman–Crippen MR) is 75.3 cm³/mol. The molecule has 0 aliphatic heterocycles. The van der Waals surface area contributed by atoms with Gasteiger partial charge in [0, 0.05) is 18.4 Å². The molecule has 9 heteroatoms. The molecule has 2 aromatic rings. The molecule has 108 valence electrons. The van der Waals surface area contributed by atoms with Crippen LogP contribution in [0.25, 0.3) is 11.4 Å². The van der Waals surface area contributed by atoms with Crippen LogP contribution < -0.4 is 11.1 Å². The van der Waals surface area contributed by atoms with Gasteiger partial charge < -0.3 is 15.8 Å². The molecule has 0 aliphatic rings. The summed E-state index contributed by atoms with van der Waals surface area (Å²) < 4.78 is 4.82. The van der Waals surface area contributed by atoms with E-state index in [0.29, 0.717) is 11.5 Å². The van der Waals surface area contributed by atoms with Gasteiger partial charge in [-0.15, -0.1) is 22.6 Å². The number of methoxy groups -OCH3 is 1. The largest absolute Gasteiger partial charge is 0.383 e. The second-order valence-electron chi connectivity index (χ2n) is 3.86. The molecule has 1 heterocycles. The fourth-order valence-electron chi connectivity index (χ4n) is 1.48. The molecule has 0 aliphatic carbocycles. The van der Waals surface area contributed by atoms with Crippen molar-refractivity contribution >= 4 is 24.0 Å². The number of rotatable bonds is 5. The first kappa shape index (κ1) is 16.0. The minimum atomic E-state index is -0.693. The first-order valence-electron chi connectivity index (χ1n) is 5.60. The lowest BCUT2D eigenvalue weighted by atomic mass is 10.2. The zero-order valence-corrected chi connectivity index (χ0v) is 11.6. The van der Waals surface area contributed by atoms with Crippen LogP contribution in [-0.4, -0.2) is 46.3 Å². The fourth-order valence-corrected chi connectivity index (χ4v) is 1.48. The van der Waals surface area contributed by atoms with Gasteiger partial charge in [0.05, 0.1) is 6.61 Å². The number of nitrogens with zero attached hydrogens (tertiary/aromatic N) is 3. The number of aromatic nitrogens is 4. The van der Waals surface area contributed by atoms with Crippen molar-refractivity contribution in [2.24, 2.45) is 5.73 Å². The molecule has 0 saturated carbocycles. The van der Waals surface area contributed by atoms with E-state index in [2.05, 4.69) is 25.9 Å². The van der Waals surface area contributed by atoms with E-state index in [9.17, 15) is 4.79 Å². The number of nitrogens with one attached hydrogen (secondary N) is 2. The Hall–Kier alpha value is -2.03. The molecule has 20 heavy (non-hydrogen) atoms. The number of carbonyl (C=O) groups excluding carboxylic acids is 1. The van der Waals surface area contributed by atoms with Crippen molar-refractivity contribution < 1.29 is 9.53 Å². The van der Waals surface area contributed by atoms with Crippen LogP contribution >= 0.6 is 12.4 Å². The van der Waals surface area contributed by atoms with Gasteiger partial charge in [0.15, 0.2) is 0 Å². The number of H-pyrrole nitrogens is 1. The normalized spacial score (nSPS) is 11.5. The van der Waals surface area contributed by atoms with E-state index in [1.807, 2.05) is 0 Å². The molecule has 1 unspecified atom stereocenters. The van der Waals surface area contributed by atoms with Gasteiger partial charge in [0.2, 0.25) is 11.7 Å². The maximum Gasteiger partial charge on any atom is 0.243 e. The Morgan fingerprint density at radius 3 is 2.70 bits per heavy atom. The van der Waals surface area contributed by atoms with Crippen LogP contribution in [0.1, 0.15) is 0 Å². The van der Waals surface area contributed by atoms with E-state index < -0.39 is 6.04 Å². The van der Waals surface area contributed by atoms with E-state index in [1.165, 1.54) is 7.11 Å². The molecule has 1 aromatic carbocycles. The second-order valence-corrected chi connectivity index (χ2v) is 3.86. The Morgan fingerprint density at radius 2 is 2.15 bits per heavy atom. The average Bonchev–Trinajstić information content (AvgIpc) is 2.94. The topological polar surface area (TPSA) is 119 Å². The number of amides is 1. The Kier molecular flexibility index (Phi) is 6.04. The third-order valence-electron chi connectivity index (χ3n) is 2.44. The number of hydrogen-bond donors (Lipinski definition) is 3. The molecule has 8 nitrogen and oxygen atoms in total. The SMILES string of the molecule is COCC(N)C(=O)Nc1ccc(-c2nn[nH]n2)cc1.Cl. The minimum Gasteiger partial charge on any atom is -0.383 e. The zero-order chi connectivity index (χ0) is 13.7. The molecule has 1 amide bonds. The van der Waals surface area contributed by atoms with Crippen molar-refractivity contribution in [3.05, 3.63) is 24.3 Å². The third-order valence-corrected chi connectivity index (χ3v) is 2.44. The number of hydrogen-bond acceptors (Lipinski definition) is 6. The first-order valence-corrected chi connectivity index (χ1v) is 5.60. The summed E-state index contributed by atoms with van der Waals surface area (Å²) in [6.45, 7) is 0.173. The highest BCUT2D eigenvalue weighted by Crippen LogP contribution is 2.16. The number of aromatic amines is 1. The van der Waals surface area contributed by atoms with Crippen molar-refractivity contribution in [3.63, 3.8) is 0 Å². The summed E-state index contributed by atoms with van der Waals surface area (Å²) in [7, 11) is 1.49. The van der Waals surface area contributed by atoms with Gasteiger partial charge in [0.25, 0.3) is 0 Å². The van der Waals surface area contributed by atoms with Crippen LogP contribution in [0.2, 0.25) is 0 Å². The standard InChI is InChI=1S/C11H14N6O2.ClH/c1-19-6-9(12)11(18)13-8-4-2-7(3-5-8)10-14-16-17-15-10;/h2-5,9H,6,12H2,1H3,(H,13,18)(H,14,15,16,17);1H. The summed E-state index contributed by atoms with van der Waals surface area (Å²) in [5.74, 6) is 0.197. The van der Waals surface area contributed by atoms with Crippen LogP contribution in [0, 0.1) is 0 Å². The van der Waals surface area contributed by atoms with E-state index in [1.54, 1.807) is 24.3 Å². The zero-order valence-electron chi connectivity index (χ0n) is 10.7. The predicted octanol–water partition coefficient (Wildman–Crippen LogP) is 0.201.